The van der Waals surface area contributed by atoms with Gasteiger partial charge in [0.1, 0.15) is 11.5 Å². The summed E-state index contributed by atoms with van der Waals surface area (Å²) in [6, 6.07) is 4.23. The second kappa shape index (κ2) is 6.43. The molecule has 25 heavy (non-hydrogen) atoms. The van der Waals surface area contributed by atoms with Crippen molar-refractivity contribution in [1.29, 1.82) is 0 Å². The van der Waals surface area contributed by atoms with Crippen LogP contribution in [0.15, 0.2) is 54.7 Å². The van der Waals surface area contributed by atoms with Gasteiger partial charge in [-0.15, -0.1) is 0 Å². The quantitative estimate of drug-likeness (QED) is 0.881. The predicted molar refractivity (Wildman–Crippen MR) is 104 cm³/mol. The lowest BCUT2D eigenvalue weighted by Crippen LogP contribution is -2.14. The van der Waals surface area contributed by atoms with Gasteiger partial charge in [-0.2, -0.15) is 0 Å². The van der Waals surface area contributed by atoms with Crippen molar-refractivity contribution < 1.29 is 0 Å². The number of nitrogens with zero attached hydrogens (tertiary/aromatic N) is 3. The fraction of sp³-hybridized carbons (Fsp3) is 0.381. The fourth-order valence-corrected chi connectivity index (χ4v) is 3.82. The summed E-state index contributed by atoms with van der Waals surface area (Å²) < 4.78 is 2.16. The van der Waals surface area contributed by atoms with E-state index in [1.807, 2.05) is 13.2 Å². The highest BCUT2D eigenvalue weighted by Crippen LogP contribution is 2.29. The van der Waals surface area contributed by atoms with E-state index in [1.165, 1.54) is 42.4 Å². The van der Waals surface area contributed by atoms with Crippen LogP contribution in [0, 0.1) is 5.92 Å². The minimum Gasteiger partial charge on any atom is -0.370 e. The summed E-state index contributed by atoms with van der Waals surface area (Å²) in [7, 11) is 2.04. The highest BCUT2D eigenvalue weighted by molar-refractivity contribution is 5.77. The van der Waals surface area contributed by atoms with Crippen molar-refractivity contribution in [3.63, 3.8) is 0 Å². The van der Waals surface area contributed by atoms with E-state index in [2.05, 4.69) is 63.7 Å². The number of allylic oxidation sites excluding steroid dienone is 3. The van der Waals surface area contributed by atoms with Crippen molar-refractivity contribution in [1.82, 2.24) is 14.3 Å². The summed E-state index contributed by atoms with van der Waals surface area (Å²) >= 11 is 0. The zero-order valence-electron chi connectivity index (χ0n) is 15.1. The molecule has 2 aliphatic rings. The summed E-state index contributed by atoms with van der Waals surface area (Å²) in [6.07, 6.45) is 13.9. The molecule has 0 bridgehead atoms. The van der Waals surface area contributed by atoms with Crippen LogP contribution in [0.4, 0.5) is 5.82 Å². The predicted octanol–water partition coefficient (Wildman–Crippen LogP) is 4.68. The second-order valence-corrected chi connectivity index (χ2v) is 7.29. The fourth-order valence-electron chi connectivity index (χ4n) is 3.82. The average molecular weight is 334 g/mol. The lowest BCUT2D eigenvalue weighted by atomic mass is 10.0. The van der Waals surface area contributed by atoms with Gasteiger partial charge in [0.05, 0.1) is 6.20 Å². The summed E-state index contributed by atoms with van der Waals surface area (Å²) in [6.45, 7) is 7.26. The van der Waals surface area contributed by atoms with Gasteiger partial charge >= 0.3 is 0 Å². The molecule has 0 aromatic carbocycles. The van der Waals surface area contributed by atoms with E-state index in [1.54, 1.807) is 0 Å². The first-order valence-corrected chi connectivity index (χ1v) is 9.15. The molecule has 1 saturated carbocycles. The molecule has 2 aromatic heterocycles. The number of aromatic nitrogens is 2. The molecule has 4 heteroatoms. The molecule has 1 N–H and O–H groups in total. The maximum atomic E-state index is 4.53. The molecule has 0 spiro atoms. The van der Waals surface area contributed by atoms with Gasteiger partial charge in [0, 0.05) is 31.7 Å². The molecule has 4 rings (SSSR count). The van der Waals surface area contributed by atoms with Crippen LogP contribution in [-0.4, -0.2) is 27.9 Å². The van der Waals surface area contributed by atoms with Crippen LogP contribution in [0.25, 0.3) is 11.2 Å². The van der Waals surface area contributed by atoms with E-state index >= 15 is 0 Å². The van der Waals surface area contributed by atoms with Crippen LogP contribution in [0.3, 0.4) is 0 Å². The van der Waals surface area contributed by atoms with Crippen molar-refractivity contribution >= 4 is 17.0 Å². The number of fused-ring (bicyclic) bond motifs is 1. The largest absolute Gasteiger partial charge is 0.370 e. The normalized spacial score (nSPS) is 18.6. The summed E-state index contributed by atoms with van der Waals surface area (Å²) in [5, 5.41) is 3.61. The van der Waals surface area contributed by atoms with Gasteiger partial charge < -0.3 is 10.2 Å². The van der Waals surface area contributed by atoms with Gasteiger partial charge in [-0.3, -0.25) is 4.40 Å². The molecule has 0 unspecified atom stereocenters. The Morgan fingerprint density at radius 3 is 2.84 bits per heavy atom. The van der Waals surface area contributed by atoms with Crippen molar-refractivity contribution in [2.75, 3.05) is 18.9 Å². The van der Waals surface area contributed by atoms with Crippen LogP contribution in [-0.2, 0) is 0 Å². The number of likely N-dealkylation sites (N-methyl/N-ethyl adjacent to an activating group) is 1. The number of hydrogen-bond donors (Lipinski definition) is 1. The lowest BCUT2D eigenvalue weighted by Gasteiger charge is -2.24. The summed E-state index contributed by atoms with van der Waals surface area (Å²) in [4.78, 5) is 6.62. The number of hydrogen-bond acceptors (Lipinski definition) is 3. The molecule has 2 aromatic rings. The zero-order valence-corrected chi connectivity index (χ0v) is 15.1. The van der Waals surface area contributed by atoms with Gasteiger partial charge in [-0.05, 0) is 60.6 Å². The third-order valence-corrected chi connectivity index (χ3v) is 5.47. The Balaban J connectivity index is 1.62. The molecule has 0 atom stereocenters. The number of nitrogens with one attached hydrogen (secondary N) is 1. The average Bonchev–Trinajstić information content (AvgIpc) is 3.26. The van der Waals surface area contributed by atoms with Crippen LogP contribution >= 0.6 is 0 Å². The van der Waals surface area contributed by atoms with E-state index in [0.717, 1.165) is 29.6 Å². The molecular formula is C21H26N4. The van der Waals surface area contributed by atoms with Crippen molar-refractivity contribution in [2.24, 2.45) is 5.92 Å². The Morgan fingerprint density at radius 1 is 1.28 bits per heavy atom. The minimum atomic E-state index is 0.806. The first-order valence-electron chi connectivity index (χ1n) is 9.15. The van der Waals surface area contributed by atoms with E-state index in [-0.39, 0.29) is 0 Å². The smallest absolute Gasteiger partial charge is 0.138 e. The van der Waals surface area contributed by atoms with E-state index < -0.39 is 0 Å². The first-order chi connectivity index (χ1) is 12.1. The highest BCUT2D eigenvalue weighted by Gasteiger charge is 2.16. The highest BCUT2D eigenvalue weighted by atomic mass is 15.1. The van der Waals surface area contributed by atoms with E-state index in [4.69, 9.17) is 0 Å². The lowest BCUT2D eigenvalue weighted by molar-refractivity contribution is 0.578. The molecular weight excluding hydrogens is 308 g/mol. The molecule has 4 nitrogen and oxygen atoms in total. The summed E-state index contributed by atoms with van der Waals surface area (Å²) in [5.74, 6) is 1.89. The van der Waals surface area contributed by atoms with Gasteiger partial charge in [0.15, 0.2) is 0 Å². The summed E-state index contributed by atoms with van der Waals surface area (Å²) in [5.41, 5.74) is 5.61. The standard InChI is InChI=1S/C21H26N4/c1-15-10-19(13-24(3)16(15)2)18-8-9-20-23-12-21(25(20)14-18)22-11-17-6-4-5-7-17/h8-10,12-14,17,22H,2,4-7,11H2,1,3H3. The maximum absolute atomic E-state index is 4.53. The monoisotopic (exact) mass is 334 g/mol. The van der Waals surface area contributed by atoms with Gasteiger partial charge in [0.2, 0.25) is 0 Å². The Kier molecular flexibility index (Phi) is 4.12. The van der Waals surface area contributed by atoms with Crippen LogP contribution in [0.2, 0.25) is 0 Å². The molecule has 0 saturated heterocycles. The number of anilines is 1. The molecule has 1 aliphatic carbocycles. The topological polar surface area (TPSA) is 32.6 Å². The molecule has 0 radical (unpaired) electrons. The number of pyridine rings is 1. The Labute approximate surface area is 149 Å². The molecule has 1 aliphatic heterocycles. The Hall–Kier alpha value is -2.49. The second-order valence-electron chi connectivity index (χ2n) is 7.29. The third kappa shape index (κ3) is 3.09. The Bertz CT molecular complexity index is 865. The Morgan fingerprint density at radius 2 is 2.08 bits per heavy atom. The molecule has 0 amide bonds. The molecule has 130 valence electrons. The zero-order chi connectivity index (χ0) is 17.4. The van der Waals surface area contributed by atoms with Gasteiger partial charge in [-0.25, -0.2) is 4.98 Å². The SMILES string of the molecule is C=C1C(C)=CC(c2ccc3ncc(NCC4CCCC4)n3c2)=CN1C. The van der Waals surface area contributed by atoms with Crippen LogP contribution in [0.1, 0.15) is 38.2 Å². The maximum Gasteiger partial charge on any atom is 0.138 e. The van der Waals surface area contributed by atoms with E-state index in [9.17, 15) is 0 Å². The van der Waals surface area contributed by atoms with Crippen LogP contribution in [0.5, 0.6) is 0 Å². The number of imidazole rings is 1. The van der Waals surface area contributed by atoms with Crippen molar-refractivity contribution in [2.45, 2.75) is 32.6 Å². The van der Waals surface area contributed by atoms with Crippen molar-refractivity contribution in [3.05, 3.63) is 60.2 Å². The first kappa shape index (κ1) is 16.0. The van der Waals surface area contributed by atoms with Gasteiger partial charge in [-0.1, -0.05) is 19.4 Å². The third-order valence-electron chi connectivity index (χ3n) is 5.47. The number of rotatable bonds is 4. The molecule has 1 fully saturated rings. The van der Waals surface area contributed by atoms with Crippen LogP contribution < -0.4 is 5.32 Å². The van der Waals surface area contributed by atoms with Crippen molar-refractivity contribution in [3.8, 4) is 0 Å². The molecule has 3 heterocycles. The minimum absolute atomic E-state index is 0.806. The van der Waals surface area contributed by atoms with E-state index in [0.29, 0.717) is 0 Å². The van der Waals surface area contributed by atoms with Gasteiger partial charge in [0.25, 0.3) is 0 Å².